The molecule has 132 valence electrons. The van der Waals surface area contributed by atoms with Gasteiger partial charge in [0, 0.05) is 17.2 Å². The third-order valence-corrected chi connectivity index (χ3v) is 4.63. The number of methoxy groups -OCH3 is 1. The van der Waals surface area contributed by atoms with Crippen LogP contribution in [0.1, 0.15) is 0 Å². The first-order valence-electron chi connectivity index (χ1n) is 8.65. The summed E-state index contributed by atoms with van der Waals surface area (Å²) in [5, 5.41) is 4.16. The van der Waals surface area contributed by atoms with Crippen LogP contribution in [0.4, 0.5) is 0 Å². The highest BCUT2D eigenvalue weighted by Crippen LogP contribution is 2.45. The lowest BCUT2D eigenvalue weighted by molar-refractivity contribution is -0.128. The highest BCUT2D eigenvalue weighted by Gasteiger charge is 2.19. The van der Waals surface area contributed by atoms with E-state index in [1.807, 2.05) is 66.7 Å². The van der Waals surface area contributed by atoms with Crippen LogP contribution in [0.2, 0.25) is 0 Å². The van der Waals surface area contributed by atoms with Crippen molar-refractivity contribution in [3.05, 3.63) is 85.5 Å². The Kier molecular flexibility index (Phi) is 4.35. The van der Waals surface area contributed by atoms with E-state index >= 15 is 0 Å². The molecule has 0 bridgehead atoms. The maximum absolute atomic E-state index is 11.9. The molecule has 4 aromatic carbocycles. The number of ether oxygens (including phenoxy) is 2. The van der Waals surface area contributed by atoms with Crippen LogP contribution in [-0.2, 0) is 4.79 Å². The number of esters is 1. The van der Waals surface area contributed by atoms with Gasteiger partial charge in [0.15, 0.2) is 0 Å². The van der Waals surface area contributed by atoms with Gasteiger partial charge in [-0.05, 0) is 33.7 Å². The molecule has 0 aliphatic heterocycles. The third kappa shape index (κ3) is 2.93. The molecule has 0 N–H and O–H groups in total. The molecule has 27 heavy (non-hydrogen) atoms. The Labute approximate surface area is 157 Å². The molecule has 0 unspecified atom stereocenters. The molecule has 0 aromatic heterocycles. The number of benzene rings is 4. The molecule has 0 spiro atoms. The maximum Gasteiger partial charge on any atom is 0.335 e. The van der Waals surface area contributed by atoms with Crippen LogP contribution < -0.4 is 9.47 Å². The molecule has 4 rings (SSSR count). The predicted octanol–water partition coefficient (Wildman–Crippen LogP) is 5.76. The highest BCUT2D eigenvalue weighted by atomic mass is 16.5. The van der Waals surface area contributed by atoms with Gasteiger partial charge in [0.1, 0.15) is 11.5 Å². The van der Waals surface area contributed by atoms with Gasteiger partial charge in [-0.3, -0.25) is 0 Å². The van der Waals surface area contributed by atoms with Crippen molar-refractivity contribution in [1.29, 1.82) is 0 Å². The van der Waals surface area contributed by atoms with E-state index in [2.05, 4.69) is 12.6 Å². The molecule has 3 nitrogen and oxygen atoms in total. The quantitative estimate of drug-likeness (QED) is 0.265. The van der Waals surface area contributed by atoms with Gasteiger partial charge >= 0.3 is 5.97 Å². The van der Waals surface area contributed by atoms with Crippen molar-refractivity contribution >= 4 is 27.5 Å². The zero-order chi connectivity index (χ0) is 18.8. The van der Waals surface area contributed by atoms with E-state index in [9.17, 15) is 4.79 Å². The zero-order valence-electron chi connectivity index (χ0n) is 14.9. The van der Waals surface area contributed by atoms with Crippen LogP contribution in [0.3, 0.4) is 0 Å². The van der Waals surface area contributed by atoms with Gasteiger partial charge in [-0.15, -0.1) is 0 Å². The molecule has 0 aliphatic carbocycles. The van der Waals surface area contributed by atoms with Gasteiger partial charge in [-0.2, -0.15) is 0 Å². The molecule has 0 saturated carbocycles. The lowest BCUT2D eigenvalue weighted by atomic mass is 9.92. The van der Waals surface area contributed by atoms with Gasteiger partial charge < -0.3 is 9.47 Å². The molecule has 4 aromatic rings. The van der Waals surface area contributed by atoms with Crippen LogP contribution >= 0.6 is 0 Å². The normalized spacial score (nSPS) is 10.7. The number of hydrogen-bond donors (Lipinski definition) is 0. The SMILES string of the molecule is C=CC(=O)Oc1ccc2ccccc2c1-c1c(OC)ccc2ccccc12. The number of hydrogen-bond acceptors (Lipinski definition) is 3. The molecule has 0 amide bonds. The smallest absolute Gasteiger partial charge is 0.335 e. The average molecular weight is 354 g/mol. The van der Waals surface area contributed by atoms with Crippen LogP contribution in [-0.4, -0.2) is 13.1 Å². The molecule has 3 heteroatoms. The van der Waals surface area contributed by atoms with E-state index in [-0.39, 0.29) is 0 Å². The molecule has 0 fully saturated rings. The fraction of sp³-hybridized carbons (Fsp3) is 0.0417. The summed E-state index contributed by atoms with van der Waals surface area (Å²) in [6.45, 7) is 3.51. The molecular formula is C24H18O3. The predicted molar refractivity (Wildman–Crippen MR) is 109 cm³/mol. The second-order valence-corrected chi connectivity index (χ2v) is 6.15. The number of rotatable bonds is 4. The van der Waals surface area contributed by atoms with Crippen LogP contribution in [0.15, 0.2) is 85.5 Å². The van der Waals surface area contributed by atoms with Crippen LogP contribution in [0, 0.1) is 0 Å². The molecule has 0 radical (unpaired) electrons. The Hall–Kier alpha value is -3.59. The maximum atomic E-state index is 11.9. The van der Waals surface area contributed by atoms with E-state index in [4.69, 9.17) is 9.47 Å². The Balaban J connectivity index is 2.15. The Bertz CT molecular complexity index is 1170. The highest BCUT2D eigenvalue weighted by molar-refractivity contribution is 6.10. The van der Waals surface area contributed by atoms with Crippen molar-refractivity contribution in [3.8, 4) is 22.6 Å². The van der Waals surface area contributed by atoms with Crippen molar-refractivity contribution in [3.63, 3.8) is 0 Å². The Morgan fingerprint density at radius 3 is 1.85 bits per heavy atom. The monoisotopic (exact) mass is 354 g/mol. The summed E-state index contributed by atoms with van der Waals surface area (Å²) in [5.41, 5.74) is 1.73. The zero-order valence-corrected chi connectivity index (χ0v) is 14.9. The first kappa shape index (κ1) is 16.9. The van der Waals surface area contributed by atoms with E-state index in [0.29, 0.717) is 5.75 Å². The Morgan fingerprint density at radius 2 is 1.30 bits per heavy atom. The van der Waals surface area contributed by atoms with Crippen molar-refractivity contribution in [2.45, 2.75) is 0 Å². The number of carbonyl (C=O) groups excluding carboxylic acids is 1. The molecular weight excluding hydrogens is 336 g/mol. The molecule has 0 saturated heterocycles. The van der Waals surface area contributed by atoms with Crippen LogP contribution in [0.5, 0.6) is 11.5 Å². The second kappa shape index (κ2) is 6.96. The summed E-state index contributed by atoms with van der Waals surface area (Å²) >= 11 is 0. The van der Waals surface area contributed by atoms with Gasteiger partial charge in [0.05, 0.1) is 7.11 Å². The molecule has 0 aliphatic rings. The lowest BCUT2D eigenvalue weighted by Gasteiger charge is -2.17. The van der Waals surface area contributed by atoms with Crippen molar-refractivity contribution in [2.75, 3.05) is 7.11 Å². The van der Waals surface area contributed by atoms with E-state index in [1.54, 1.807) is 7.11 Å². The van der Waals surface area contributed by atoms with E-state index in [0.717, 1.165) is 38.4 Å². The van der Waals surface area contributed by atoms with Crippen molar-refractivity contribution in [1.82, 2.24) is 0 Å². The number of carbonyl (C=O) groups is 1. The summed E-state index contributed by atoms with van der Waals surface area (Å²) in [7, 11) is 1.65. The summed E-state index contributed by atoms with van der Waals surface area (Å²) in [4.78, 5) is 11.9. The fourth-order valence-electron chi connectivity index (χ4n) is 3.42. The van der Waals surface area contributed by atoms with Gasteiger partial charge in [0.2, 0.25) is 0 Å². The third-order valence-electron chi connectivity index (χ3n) is 4.63. The summed E-state index contributed by atoms with van der Waals surface area (Å²) in [6.07, 6.45) is 1.17. The van der Waals surface area contributed by atoms with Crippen molar-refractivity contribution in [2.24, 2.45) is 0 Å². The van der Waals surface area contributed by atoms with Gasteiger partial charge in [0.25, 0.3) is 0 Å². The van der Waals surface area contributed by atoms with E-state index < -0.39 is 5.97 Å². The molecule has 0 heterocycles. The van der Waals surface area contributed by atoms with Crippen molar-refractivity contribution < 1.29 is 14.3 Å². The van der Waals surface area contributed by atoms with E-state index in [1.165, 1.54) is 6.08 Å². The minimum Gasteiger partial charge on any atom is -0.496 e. The fourth-order valence-corrected chi connectivity index (χ4v) is 3.42. The minimum atomic E-state index is -0.495. The first-order chi connectivity index (χ1) is 13.2. The second-order valence-electron chi connectivity index (χ2n) is 6.15. The summed E-state index contributed by atoms with van der Waals surface area (Å²) in [5.74, 6) is 0.708. The topological polar surface area (TPSA) is 35.5 Å². The van der Waals surface area contributed by atoms with Gasteiger partial charge in [-0.25, -0.2) is 4.79 Å². The Morgan fingerprint density at radius 1 is 0.778 bits per heavy atom. The van der Waals surface area contributed by atoms with Crippen LogP contribution in [0.25, 0.3) is 32.7 Å². The number of fused-ring (bicyclic) bond motifs is 2. The van der Waals surface area contributed by atoms with Gasteiger partial charge in [-0.1, -0.05) is 67.2 Å². The largest absolute Gasteiger partial charge is 0.496 e. The lowest BCUT2D eigenvalue weighted by Crippen LogP contribution is -2.05. The summed E-state index contributed by atoms with van der Waals surface area (Å²) < 4.78 is 11.3. The molecule has 0 atom stereocenters. The minimum absolute atomic E-state index is 0.480. The summed E-state index contributed by atoms with van der Waals surface area (Å²) in [6, 6.07) is 23.9. The first-order valence-corrected chi connectivity index (χ1v) is 8.65. The average Bonchev–Trinajstić information content (AvgIpc) is 2.73. The standard InChI is InChI=1S/C24H18O3/c1-3-22(25)27-21-15-13-17-9-5-7-11-19(17)24(21)23-18-10-6-4-8-16(18)12-14-20(23)26-2/h3-15H,1H2,2H3.